The molecular weight excluding hydrogens is 384 g/mol. The third-order valence-corrected chi connectivity index (χ3v) is 4.78. The van der Waals surface area contributed by atoms with Crippen molar-refractivity contribution in [2.75, 3.05) is 30.0 Å². The molecule has 0 spiro atoms. The second-order valence-corrected chi connectivity index (χ2v) is 6.79. The number of carbonyl (C=O) groups excluding carboxylic acids is 3. The number of fused-ring (bicyclic) bond motifs is 2. The van der Waals surface area contributed by atoms with Crippen LogP contribution in [-0.4, -0.2) is 37.5 Å². The number of para-hydroxylation sites is 2. The summed E-state index contributed by atoms with van der Waals surface area (Å²) in [5, 5.41) is 4.68. The van der Waals surface area contributed by atoms with Crippen LogP contribution in [0, 0.1) is 0 Å². The molecule has 152 valence electrons. The molecule has 3 aromatic carbocycles. The van der Waals surface area contributed by atoms with Gasteiger partial charge < -0.3 is 19.7 Å². The van der Waals surface area contributed by atoms with Gasteiger partial charge in [-0.1, -0.05) is 48.5 Å². The molecule has 0 aromatic heterocycles. The summed E-state index contributed by atoms with van der Waals surface area (Å²) in [6.07, 6.45) is -0.0262. The topological polar surface area (TPSA) is 84.9 Å². The smallest absolute Gasteiger partial charge is 0.308 e. The predicted octanol–water partition coefficient (Wildman–Crippen LogP) is 3.14. The Morgan fingerprint density at radius 1 is 1.00 bits per heavy atom. The van der Waals surface area contributed by atoms with Gasteiger partial charge in [-0.2, -0.15) is 0 Å². The van der Waals surface area contributed by atoms with Crippen LogP contribution in [0.3, 0.4) is 0 Å². The van der Waals surface area contributed by atoms with Gasteiger partial charge in [0.2, 0.25) is 0 Å². The van der Waals surface area contributed by atoms with E-state index in [9.17, 15) is 14.4 Å². The number of esters is 1. The van der Waals surface area contributed by atoms with Gasteiger partial charge >= 0.3 is 5.97 Å². The molecule has 30 heavy (non-hydrogen) atoms. The summed E-state index contributed by atoms with van der Waals surface area (Å²) < 4.78 is 10.5. The van der Waals surface area contributed by atoms with Crippen LogP contribution in [-0.2, 0) is 19.1 Å². The summed E-state index contributed by atoms with van der Waals surface area (Å²) in [7, 11) is 0. The van der Waals surface area contributed by atoms with Gasteiger partial charge in [0.1, 0.15) is 5.75 Å². The Morgan fingerprint density at radius 3 is 2.67 bits per heavy atom. The lowest BCUT2D eigenvalue weighted by atomic mass is 10.1. The fraction of sp³-hybridized carbons (Fsp3) is 0.174. The Labute approximate surface area is 173 Å². The van der Waals surface area contributed by atoms with Crippen LogP contribution in [0.15, 0.2) is 66.7 Å². The van der Waals surface area contributed by atoms with Crippen molar-refractivity contribution >= 4 is 39.9 Å². The van der Waals surface area contributed by atoms with Gasteiger partial charge in [0.15, 0.2) is 13.2 Å². The molecule has 3 aromatic rings. The minimum atomic E-state index is -0.556. The first-order valence-electron chi connectivity index (χ1n) is 9.57. The van der Waals surface area contributed by atoms with E-state index in [0.717, 1.165) is 10.8 Å². The molecule has 1 heterocycles. The van der Waals surface area contributed by atoms with Crippen molar-refractivity contribution < 1.29 is 23.9 Å². The van der Waals surface area contributed by atoms with E-state index >= 15 is 0 Å². The molecule has 0 unspecified atom stereocenters. The molecule has 0 aliphatic carbocycles. The van der Waals surface area contributed by atoms with Crippen molar-refractivity contribution in [1.82, 2.24) is 0 Å². The van der Waals surface area contributed by atoms with Crippen LogP contribution in [0.5, 0.6) is 5.75 Å². The summed E-state index contributed by atoms with van der Waals surface area (Å²) in [5.74, 6) is -0.609. The largest absolute Gasteiger partial charge is 0.482 e. The van der Waals surface area contributed by atoms with Gasteiger partial charge in [-0.05, 0) is 23.6 Å². The second kappa shape index (κ2) is 8.65. The quantitative estimate of drug-likeness (QED) is 0.638. The number of anilines is 2. The number of hydrogen-bond donors (Lipinski definition) is 1. The Morgan fingerprint density at radius 2 is 1.77 bits per heavy atom. The van der Waals surface area contributed by atoms with Crippen molar-refractivity contribution in [3.05, 3.63) is 66.7 Å². The molecular formula is C23H20N2O5. The molecule has 1 N–H and O–H groups in total. The minimum Gasteiger partial charge on any atom is -0.482 e. The van der Waals surface area contributed by atoms with Crippen molar-refractivity contribution in [2.24, 2.45) is 0 Å². The minimum absolute atomic E-state index is 0.0262. The number of amides is 2. The molecule has 0 radical (unpaired) electrons. The lowest BCUT2D eigenvalue weighted by Gasteiger charge is -2.28. The summed E-state index contributed by atoms with van der Waals surface area (Å²) >= 11 is 0. The standard InChI is InChI=1S/C23H20N2O5/c26-21(24-18-9-5-7-16-6-1-2-8-17(16)18)14-30-23(28)12-13-25-19-10-3-4-11-20(19)29-15-22(25)27/h1-11H,12-15H2,(H,24,26). The van der Waals surface area contributed by atoms with E-state index < -0.39 is 18.5 Å². The Balaban J connectivity index is 1.30. The Kier molecular flexibility index (Phi) is 5.61. The van der Waals surface area contributed by atoms with Crippen LogP contribution < -0.4 is 15.0 Å². The highest BCUT2D eigenvalue weighted by molar-refractivity contribution is 6.03. The molecule has 2 amide bonds. The molecule has 0 atom stereocenters. The first kappa shape index (κ1) is 19.4. The lowest BCUT2D eigenvalue weighted by Crippen LogP contribution is -2.40. The fourth-order valence-electron chi connectivity index (χ4n) is 3.34. The van der Waals surface area contributed by atoms with Gasteiger partial charge in [-0.25, -0.2) is 0 Å². The third kappa shape index (κ3) is 4.25. The first-order chi connectivity index (χ1) is 14.6. The molecule has 7 nitrogen and oxygen atoms in total. The van der Waals surface area contributed by atoms with Crippen LogP contribution in [0.25, 0.3) is 10.8 Å². The van der Waals surface area contributed by atoms with E-state index in [1.807, 2.05) is 42.5 Å². The molecule has 0 fully saturated rings. The molecule has 1 aliphatic heterocycles. The highest BCUT2D eigenvalue weighted by atomic mass is 16.5. The Hall–Kier alpha value is -3.87. The van der Waals surface area contributed by atoms with Crippen LogP contribution in [0.4, 0.5) is 11.4 Å². The van der Waals surface area contributed by atoms with Crippen molar-refractivity contribution in [3.63, 3.8) is 0 Å². The van der Waals surface area contributed by atoms with Crippen LogP contribution in [0.1, 0.15) is 6.42 Å². The molecule has 4 rings (SSSR count). The number of rotatable bonds is 6. The van der Waals surface area contributed by atoms with E-state index in [4.69, 9.17) is 9.47 Å². The van der Waals surface area contributed by atoms with Crippen molar-refractivity contribution in [2.45, 2.75) is 6.42 Å². The maximum absolute atomic E-state index is 12.2. The zero-order valence-corrected chi connectivity index (χ0v) is 16.2. The zero-order chi connectivity index (χ0) is 20.9. The number of nitrogens with one attached hydrogen (secondary N) is 1. The second-order valence-electron chi connectivity index (χ2n) is 6.79. The van der Waals surface area contributed by atoms with Gasteiger partial charge in [0.05, 0.1) is 12.1 Å². The van der Waals surface area contributed by atoms with Crippen LogP contribution >= 0.6 is 0 Å². The Bertz CT molecular complexity index is 1110. The van der Waals surface area contributed by atoms with Gasteiger partial charge in [-0.15, -0.1) is 0 Å². The normalized spacial score (nSPS) is 12.8. The van der Waals surface area contributed by atoms with E-state index in [2.05, 4.69) is 5.32 Å². The van der Waals surface area contributed by atoms with E-state index in [-0.39, 0.29) is 25.5 Å². The number of nitrogens with zero attached hydrogens (tertiary/aromatic N) is 1. The summed E-state index contributed by atoms with van der Waals surface area (Å²) in [6.45, 7) is -0.307. The number of hydrogen-bond acceptors (Lipinski definition) is 5. The maximum Gasteiger partial charge on any atom is 0.308 e. The van der Waals surface area contributed by atoms with Gasteiger partial charge in [-0.3, -0.25) is 14.4 Å². The predicted molar refractivity (Wildman–Crippen MR) is 112 cm³/mol. The van der Waals surface area contributed by atoms with Crippen molar-refractivity contribution in [1.29, 1.82) is 0 Å². The molecule has 0 bridgehead atoms. The lowest BCUT2D eigenvalue weighted by molar-refractivity contribution is -0.147. The van der Waals surface area contributed by atoms with E-state index in [1.54, 1.807) is 24.3 Å². The summed E-state index contributed by atoms with van der Waals surface area (Å²) in [6, 6.07) is 20.4. The molecule has 0 saturated heterocycles. The van der Waals surface area contributed by atoms with E-state index in [1.165, 1.54) is 4.90 Å². The number of ether oxygens (including phenoxy) is 2. The molecule has 0 saturated carbocycles. The SMILES string of the molecule is O=C(COC(=O)CCN1C(=O)COc2ccccc21)Nc1cccc2ccccc12. The number of benzene rings is 3. The summed E-state index contributed by atoms with van der Waals surface area (Å²) in [5.41, 5.74) is 1.28. The zero-order valence-electron chi connectivity index (χ0n) is 16.2. The fourth-order valence-corrected chi connectivity index (χ4v) is 3.34. The first-order valence-corrected chi connectivity index (χ1v) is 9.57. The molecule has 7 heteroatoms. The third-order valence-electron chi connectivity index (χ3n) is 4.78. The maximum atomic E-state index is 12.2. The highest BCUT2D eigenvalue weighted by Crippen LogP contribution is 2.31. The van der Waals surface area contributed by atoms with Crippen LogP contribution in [0.2, 0.25) is 0 Å². The average Bonchev–Trinajstić information content (AvgIpc) is 2.77. The highest BCUT2D eigenvalue weighted by Gasteiger charge is 2.25. The average molecular weight is 404 g/mol. The van der Waals surface area contributed by atoms with Gasteiger partial charge in [0, 0.05) is 17.6 Å². The van der Waals surface area contributed by atoms with E-state index in [0.29, 0.717) is 17.1 Å². The van der Waals surface area contributed by atoms with Gasteiger partial charge in [0.25, 0.3) is 11.8 Å². The summed E-state index contributed by atoms with van der Waals surface area (Å²) in [4.78, 5) is 37.9. The van der Waals surface area contributed by atoms with Crippen molar-refractivity contribution in [3.8, 4) is 5.75 Å². The monoisotopic (exact) mass is 404 g/mol. The number of carbonyl (C=O) groups is 3. The molecule has 1 aliphatic rings.